The summed E-state index contributed by atoms with van der Waals surface area (Å²) in [6, 6.07) is 0.762. The molecule has 0 aromatic heterocycles. The van der Waals surface area contributed by atoms with Gasteiger partial charge in [-0.05, 0) is 52.0 Å². The molecule has 1 unspecified atom stereocenters. The molecule has 1 atom stereocenters. The van der Waals surface area contributed by atoms with Crippen molar-refractivity contribution >= 4 is 0 Å². The molecule has 2 heteroatoms. The van der Waals surface area contributed by atoms with Crippen LogP contribution in [-0.2, 0) is 0 Å². The van der Waals surface area contributed by atoms with E-state index in [0.717, 1.165) is 18.5 Å². The average molecular weight is 268 g/mol. The van der Waals surface area contributed by atoms with Gasteiger partial charge in [0.2, 0.25) is 0 Å². The van der Waals surface area contributed by atoms with E-state index in [-0.39, 0.29) is 5.54 Å². The second kappa shape index (κ2) is 8.26. The summed E-state index contributed by atoms with van der Waals surface area (Å²) in [5, 5.41) is 0. The Hall–Kier alpha value is -0.0800. The average Bonchev–Trinajstić information content (AvgIpc) is 2.46. The Balaban J connectivity index is 2.50. The molecule has 0 spiro atoms. The Kier molecular flexibility index (Phi) is 7.38. The summed E-state index contributed by atoms with van der Waals surface area (Å²) in [5.74, 6) is 0.980. The summed E-state index contributed by atoms with van der Waals surface area (Å²) in [5.41, 5.74) is 6.32. The molecule has 2 N–H and O–H groups in total. The molecule has 0 bridgehead atoms. The molecule has 1 rings (SSSR count). The van der Waals surface area contributed by atoms with Crippen LogP contribution >= 0.6 is 0 Å². The summed E-state index contributed by atoms with van der Waals surface area (Å²) >= 11 is 0. The highest BCUT2D eigenvalue weighted by Crippen LogP contribution is 2.33. The SMILES string of the molecule is CCCCCC(C)(CN)N(C)C1CCC(CC)CC1. The van der Waals surface area contributed by atoms with E-state index in [4.69, 9.17) is 5.73 Å². The number of hydrogen-bond acceptors (Lipinski definition) is 2. The van der Waals surface area contributed by atoms with Crippen LogP contribution in [0.5, 0.6) is 0 Å². The first-order valence-corrected chi connectivity index (χ1v) is 8.50. The van der Waals surface area contributed by atoms with E-state index >= 15 is 0 Å². The number of nitrogens with zero attached hydrogens (tertiary/aromatic N) is 1. The van der Waals surface area contributed by atoms with E-state index in [9.17, 15) is 0 Å². The zero-order valence-electron chi connectivity index (χ0n) is 13.8. The van der Waals surface area contributed by atoms with Gasteiger partial charge in [-0.1, -0.05) is 39.5 Å². The molecule has 0 aromatic carbocycles. The van der Waals surface area contributed by atoms with E-state index in [0.29, 0.717) is 0 Å². The standard InChI is InChI=1S/C17H36N2/c1-5-7-8-13-17(3,14-18)19(4)16-11-9-15(6-2)10-12-16/h15-16H,5-14,18H2,1-4H3. The van der Waals surface area contributed by atoms with Crippen LogP contribution in [0.4, 0.5) is 0 Å². The Morgan fingerprint density at radius 2 is 1.74 bits per heavy atom. The molecular formula is C17H36N2. The van der Waals surface area contributed by atoms with Crippen molar-refractivity contribution in [2.75, 3.05) is 13.6 Å². The van der Waals surface area contributed by atoms with Gasteiger partial charge in [0, 0.05) is 18.1 Å². The van der Waals surface area contributed by atoms with Gasteiger partial charge in [-0.3, -0.25) is 4.90 Å². The van der Waals surface area contributed by atoms with E-state index in [1.165, 1.54) is 57.8 Å². The van der Waals surface area contributed by atoms with Crippen molar-refractivity contribution in [3.05, 3.63) is 0 Å². The Bertz CT molecular complexity index is 233. The summed E-state index contributed by atoms with van der Waals surface area (Å²) in [6.45, 7) is 7.77. The smallest absolute Gasteiger partial charge is 0.0303 e. The third-order valence-corrected chi connectivity index (χ3v) is 5.55. The fourth-order valence-electron chi connectivity index (χ4n) is 3.56. The molecule has 1 aliphatic carbocycles. The van der Waals surface area contributed by atoms with E-state index in [2.05, 4.69) is 32.7 Å². The van der Waals surface area contributed by atoms with Crippen molar-refractivity contribution < 1.29 is 0 Å². The fourth-order valence-corrected chi connectivity index (χ4v) is 3.56. The minimum atomic E-state index is 0.207. The lowest BCUT2D eigenvalue weighted by Crippen LogP contribution is -2.54. The molecular weight excluding hydrogens is 232 g/mol. The maximum Gasteiger partial charge on any atom is 0.0303 e. The number of rotatable bonds is 8. The summed E-state index contributed by atoms with van der Waals surface area (Å²) in [6.07, 6.45) is 12.2. The normalized spacial score (nSPS) is 27.5. The number of hydrogen-bond donors (Lipinski definition) is 1. The van der Waals surface area contributed by atoms with Crippen molar-refractivity contribution in [1.82, 2.24) is 4.90 Å². The van der Waals surface area contributed by atoms with Crippen molar-refractivity contribution in [3.63, 3.8) is 0 Å². The van der Waals surface area contributed by atoms with E-state index < -0.39 is 0 Å². The summed E-state index contributed by atoms with van der Waals surface area (Å²) in [4.78, 5) is 2.62. The van der Waals surface area contributed by atoms with Gasteiger partial charge >= 0.3 is 0 Å². The molecule has 19 heavy (non-hydrogen) atoms. The first-order valence-electron chi connectivity index (χ1n) is 8.50. The Labute approximate surface area is 121 Å². The van der Waals surface area contributed by atoms with Crippen molar-refractivity contribution in [2.45, 2.75) is 90.1 Å². The predicted octanol–water partition coefficient (Wildman–Crippen LogP) is 4.18. The predicted molar refractivity (Wildman–Crippen MR) is 85.4 cm³/mol. The molecule has 2 nitrogen and oxygen atoms in total. The Morgan fingerprint density at radius 1 is 1.11 bits per heavy atom. The maximum atomic E-state index is 6.11. The lowest BCUT2D eigenvalue weighted by Gasteiger charge is -2.45. The third-order valence-electron chi connectivity index (χ3n) is 5.55. The molecule has 0 radical (unpaired) electrons. The number of nitrogens with two attached hydrogens (primary N) is 1. The molecule has 1 saturated carbocycles. The molecule has 114 valence electrons. The molecule has 0 amide bonds. The quantitative estimate of drug-likeness (QED) is 0.669. The summed E-state index contributed by atoms with van der Waals surface area (Å²) < 4.78 is 0. The van der Waals surface area contributed by atoms with Gasteiger partial charge in [-0.25, -0.2) is 0 Å². The molecule has 1 aliphatic rings. The van der Waals surface area contributed by atoms with Crippen molar-refractivity contribution in [1.29, 1.82) is 0 Å². The highest BCUT2D eigenvalue weighted by atomic mass is 15.2. The van der Waals surface area contributed by atoms with Crippen LogP contribution in [0, 0.1) is 5.92 Å². The lowest BCUT2D eigenvalue weighted by molar-refractivity contribution is 0.0526. The summed E-state index contributed by atoms with van der Waals surface area (Å²) in [7, 11) is 2.32. The highest BCUT2D eigenvalue weighted by Gasteiger charge is 2.33. The minimum Gasteiger partial charge on any atom is -0.329 e. The second-order valence-corrected chi connectivity index (χ2v) is 6.85. The molecule has 0 aromatic rings. The van der Waals surface area contributed by atoms with Crippen LogP contribution in [0.15, 0.2) is 0 Å². The number of likely N-dealkylation sites (N-methyl/N-ethyl adjacent to an activating group) is 1. The van der Waals surface area contributed by atoms with Crippen LogP contribution in [0.25, 0.3) is 0 Å². The second-order valence-electron chi connectivity index (χ2n) is 6.85. The first kappa shape index (κ1) is 17.0. The maximum absolute atomic E-state index is 6.11. The molecule has 1 fully saturated rings. The lowest BCUT2D eigenvalue weighted by atomic mass is 9.81. The van der Waals surface area contributed by atoms with Gasteiger partial charge in [-0.15, -0.1) is 0 Å². The zero-order chi connectivity index (χ0) is 14.3. The molecule has 0 heterocycles. The molecule has 0 aliphatic heterocycles. The van der Waals surface area contributed by atoms with Crippen LogP contribution in [0.2, 0.25) is 0 Å². The zero-order valence-corrected chi connectivity index (χ0v) is 13.8. The van der Waals surface area contributed by atoms with Crippen LogP contribution in [-0.4, -0.2) is 30.1 Å². The van der Waals surface area contributed by atoms with Crippen LogP contribution < -0.4 is 5.73 Å². The van der Waals surface area contributed by atoms with Gasteiger partial charge in [0.1, 0.15) is 0 Å². The highest BCUT2D eigenvalue weighted by molar-refractivity contribution is 4.91. The largest absolute Gasteiger partial charge is 0.329 e. The van der Waals surface area contributed by atoms with E-state index in [1.807, 2.05) is 0 Å². The topological polar surface area (TPSA) is 29.3 Å². The van der Waals surface area contributed by atoms with Gasteiger partial charge in [-0.2, -0.15) is 0 Å². The van der Waals surface area contributed by atoms with Gasteiger partial charge in [0.25, 0.3) is 0 Å². The third kappa shape index (κ3) is 4.75. The van der Waals surface area contributed by atoms with Crippen LogP contribution in [0.3, 0.4) is 0 Å². The molecule has 0 saturated heterocycles. The van der Waals surface area contributed by atoms with Gasteiger partial charge < -0.3 is 5.73 Å². The van der Waals surface area contributed by atoms with Gasteiger partial charge in [0.05, 0.1) is 0 Å². The monoisotopic (exact) mass is 268 g/mol. The van der Waals surface area contributed by atoms with E-state index in [1.54, 1.807) is 0 Å². The van der Waals surface area contributed by atoms with Crippen molar-refractivity contribution in [3.8, 4) is 0 Å². The number of unbranched alkanes of at least 4 members (excludes halogenated alkanes) is 2. The van der Waals surface area contributed by atoms with Crippen LogP contribution in [0.1, 0.15) is 78.6 Å². The minimum absolute atomic E-state index is 0.207. The Morgan fingerprint density at radius 3 is 2.21 bits per heavy atom. The van der Waals surface area contributed by atoms with Gasteiger partial charge in [0.15, 0.2) is 0 Å². The first-order chi connectivity index (χ1) is 9.07. The fraction of sp³-hybridized carbons (Fsp3) is 1.00. The van der Waals surface area contributed by atoms with Crippen molar-refractivity contribution in [2.24, 2.45) is 11.7 Å².